The van der Waals surface area contributed by atoms with E-state index in [2.05, 4.69) is 4.98 Å². The van der Waals surface area contributed by atoms with Gasteiger partial charge in [0.2, 0.25) is 10.0 Å². The van der Waals surface area contributed by atoms with Crippen molar-refractivity contribution in [3.05, 3.63) is 52.4 Å². The Kier molecular flexibility index (Phi) is 6.27. The largest absolute Gasteiger partial charge is 0.404 e. The molecule has 3 rings (SSSR count). The van der Waals surface area contributed by atoms with Crippen LogP contribution < -0.4 is 10.4 Å². The van der Waals surface area contributed by atoms with Crippen LogP contribution in [0, 0.1) is 5.41 Å². The minimum atomic E-state index is -4.81. The van der Waals surface area contributed by atoms with Crippen LogP contribution in [0.2, 0.25) is 0 Å². The molecule has 2 aromatic heterocycles. The van der Waals surface area contributed by atoms with Crippen molar-refractivity contribution >= 4 is 21.2 Å². The molecule has 2 heterocycles. The zero-order valence-corrected chi connectivity index (χ0v) is 19.0. The highest BCUT2D eigenvalue weighted by molar-refractivity contribution is 7.89. The number of nitrogens with zero attached hydrogens (tertiary/aromatic N) is 3. The fourth-order valence-corrected chi connectivity index (χ4v) is 4.28. The third kappa shape index (κ3) is 5.77. The number of nitrogens with one attached hydrogen (secondary N) is 1. The SMILES string of the molecule is Cn1c(=O)n(CC(C)(C)C)c2ccc(-c3cccc(CNS(=O)(=O)CC(F)(F)F)c3)nc21. The molecule has 0 unspecified atom stereocenters. The molecule has 0 aliphatic carbocycles. The molecule has 1 N–H and O–H groups in total. The zero-order valence-electron chi connectivity index (χ0n) is 18.2. The van der Waals surface area contributed by atoms with Crippen molar-refractivity contribution in [1.29, 1.82) is 0 Å². The quantitative estimate of drug-likeness (QED) is 0.598. The second-order valence-corrected chi connectivity index (χ2v) is 10.7. The predicted octanol–water partition coefficient (Wildman–Crippen LogP) is 3.43. The van der Waals surface area contributed by atoms with Crippen molar-refractivity contribution in [2.24, 2.45) is 12.5 Å². The Morgan fingerprint density at radius 2 is 1.78 bits per heavy atom. The van der Waals surface area contributed by atoms with E-state index < -0.39 is 22.0 Å². The van der Waals surface area contributed by atoms with Gasteiger partial charge in [-0.05, 0) is 29.2 Å². The molecule has 0 aliphatic rings. The summed E-state index contributed by atoms with van der Waals surface area (Å²) in [4.78, 5) is 17.3. The van der Waals surface area contributed by atoms with Crippen molar-refractivity contribution in [2.75, 3.05) is 5.75 Å². The maximum atomic E-state index is 12.7. The number of halogens is 3. The fourth-order valence-electron chi connectivity index (χ4n) is 3.36. The van der Waals surface area contributed by atoms with E-state index in [0.717, 1.165) is 0 Å². The van der Waals surface area contributed by atoms with Gasteiger partial charge in [-0.15, -0.1) is 0 Å². The van der Waals surface area contributed by atoms with Crippen LogP contribution in [0.15, 0.2) is 41.2 Å². The lowest BCUT2D eigenvalue weighted by atomic mass is 9.97. The van der Waals surface area contributed by atoms with E-state index in [9.17, 15) is 26.4 Å². The first-order valence-electron chi connectivity index (χ1n) is 9.85. The Morgan fingerprint density at radius 1 is 1.09 bits per heavy atom. The topological polar surface area (TPSA) is 86.0 Å². The summed E-state index contributed by atoms with van der Waals surface area (Å²) in [6, 6.07) is 10.2. The summed E-state index contributed by atoms with van der Waals surface area (Å²) >= 11 is 0. The van der Waals surface area contributed by atoms with E-state index in [0.29, 0.717) is 34.5 Å². The summed E-state index contributed by atoms with van der Waals surface area (Å²) in [5.41, 5.74) is 2.61. The molecule has 0 bridgehead atoms. The highest BCUT2D eigenvalue weighted by Gasteiger charge is 2.34. The molecule has 32 heavy (non-hydrogen) atoms. The lowest BCUT2D eigenvalue weighted by Gasteiger charge is -2.18. The van der Waals surface area contributed by atoms with Gasteiger partial charge in [-0.1, -0.05) is 39.0 Å². The van der Waals surface area contributed by atoms with Crippen LogP contribution in [-0.4, -0.2) is 34.5 Å². The fraction of sp³-hybridized carbons (Fsp3) is 0.429. The second kappa shape index (κ2) is 8.36. The third-order valence-corrected chi connectivity index (χ3v) is 5.98. The Bertz CT molecular complexity index is 1300. The smallest absolute Gasteiger partial charge is 0.290 e. The van der Waals surface area contributed by atoms with Crippen molar-refractivity contribution in [1.82, 2.24) is 18.8 Å². The number of imidazole rings is 1. The third-order valence-electron chi connectivity index (χ3n) is 4.69. The summed E-state index contributed by atoms with van der Waals surface area (Å²) in [5, 5.41) is 0. The van der Waals surface area contributed by atoms with Gasteiger partial charge in [0.25, 0.3) is 0 Å². The Labute approximate surface area is 183 Å². The van der Waals surface area contributed by atoms with Crippen LogP contribution in [0.3, 0.4) is 0 Å². The first kappa shape index (κ1) is 24.0. The van der Waals surface area contributed by atoms with Gasteiger partial charge in [-0.3, -0.25) is 9.13 Å². The van der Waals surface area contributed by atoms with Gasteiger partial charge >= 0.3 is 11.9 Å². The molecule has 0 saturated carbocycles. The second-order valence-electron chi connectivity index (χ2n) is 8.92. The lowest BCUT2D eigenvalue weighted by molar-refractivity contribution is -0.106. The summed E-state index contributed by atoms with van der Waals surface area (Å²) in [7, 11) is -2.85. The highest BCUT2D eigenvalue weighted by Crippen LogP contribution is 2.24. The van der Waals surface area contributed by atoms with E-state index in [4.69, 9.17) is 0 Å². The molecule has 0 aliphatic heterocycles. The Hall–Kier alpha value is -2.66. The number of alkyl halides is 3. The van der Waals surface area contributed by atoms with E-state index in [1.807, 2.05) is 31.6 Å². The maximum Gasteiger partial charge on any atom is 0.404 e. The van der Waals surface area contributed by atoms with E-state index in [1.54, 1.807) is 41.9 Å². The van der Waals surface area contributed by atoms with Gasteiger partial charge in [-0.2, -0.15) is 13.2 Å². The van der Waals surface area contributed by atoms with Crippen LogP contribution in [0.4, 0.5) is 13.2 Å². The zero-order chi connectivity index (χ0) is 23.9. The van der Waals surface area contributed by atoms with Crippen molar-refractivity contribution < 1.29 is 21.6 Å². The van der Waals surface area contributed by atoms with Crippen molar-refractivity contribution in [2.45, 2.75) is 40.0 Å². The number of pyridine rings is 1. The lowest BCUT2D eigenvalue weighted by Crippen LogP contribution is -2.33. The molecular formula is C21H25F3N4O3S. The molecular weight excluding hydrogens is 445 g/mol. The molecule has 0 fully saturated rings. The highest BCUT2D eigenvalue weighted by atomic mass is 32.2. The van der Waals surface area contributed by atoms with E-state index >= 15 is 0 Å². The minimum absolute atomic E-state index is 0.107. The Morgan fingerprint density at radius 3 is 2.41 bits per heavy atom. The minimum Gasteiger partial charge on any atom is -0.290 e. The Balaban J connectivity index is 1.90. The number of hydrogen-bond acceptors (Lipinski definition) is 4. The standard InChI is InChI=1S/C21H25F3N4O3S/c1-20(2,3)12-28-17-9-8-16(26-18(17)27(4)19(28)29)15-7-5-6-14(10-15)11-25-32(30,31)13-21(22,23)24/h5-10,25H,11-13H2,1-4H3. The number of benzene rings is 1. The molecule has 0 amide bonds. The number of sulfonamides is 1. The molecule has 7 nitrogen and oxygen atoms in total. The van der Waals surface area contributed by atoms with Crippen LogP contribution in [0.25, 0.3) is 22.4 Å². The maximum absolute atomic E-state index is 12.7. The molecule has 3 aromatic rings. The summed E-state index contributed by atoms with van der Waals surface area (Å²) < 4.78 is 65.5. The predicted molar refractivity (Wildman–Crippen MR) is 117 cm³/mol. The summed E-state index contributed by atoms with van der Waals surface area (Å²) in [5.74, 6) is -1.93. The average Bonchev–Trinajstić information content (AvgIpc) is 2.88. The number of hydrogen-bond donors (Lipinski definition) is 1. The monoisotopic (exact) mass is 470 g/mol. The molecule has 174 valence electrons. The number of aryl methyl sites for hydroxylation is 1. The van der Waals surface area contributed by atoms with Crippen LogP contribution in [0.1, 0.15) is 26.3 Å². The molecule has 0 radical (unpaired) electrons. The van der Waals surface area contributed by atoms with Gasteiger partial charge in [0.15, 0.2) is 11.4 Å². The van der Waals surface area contributed by atoms with E-state index in [1.165, 1.54) is 4.57 Å². The first-order valence-corrected chi connectivity index (χ1v) is 11.5. The first-order chi connectivity index (χ1) is 14.7. The molecule has 0 saturated heterocycles. The number of fused-ring (bicyclic) bond motifs is 1. The van der Waals surface area contributed by atoms with Crippen LogP contribution >= 0.6 is 0 Å². The van der Waals surface area contributed by atoms with E-state index in [-0.39, 0.29) is 17.6 Å². The van der Waals surface area contributed by atoms with Gasteiger partial charge in [0.1, 0.15) is 0 Å². The van der Waals surface area contributed by atoms with Crippen LogP contribution in [-0.2, 0) is 30.2 Å². The molecule has 11 heteroatoms. The van der Waals surface area contributed by atoms with Crippen molar-refractivity contribution in [3.8, 4) is 11.3 Å². The summed E-state index contributed by atoms with van der Waals surface area (Å²) in [6.07, 6.45) is -4.81. The number of rotatable bonds is 6. The molecule has 0 spiro atoms. The summed E-state index contributed by atoms with van der Waals surface area (Å²) in [6.45, 7) is 6.35. The number of aromatic nitrogens is 3. The van der Waals surface area contributed by atoms with Gasteiger partial charge < -0.3 is 0 Å². The van der Waals surface area contributed by atoms with Crippen molar-refractivity contribution in [3.63, 3.8) is 0 Å². The van der Waals surface area contributed by atoms with Gasteiger partial charge in [0.05, 0.1) is 11.2 Å². The van der Waals surface area contributed by atoms with Gasteiger partial charge in [0, 0.05) is 25.7 Å². The average molecular weight is 471 g/mol. The molecule has 0 atom stereocenters. The normalized spacial score (nSPS) is 13.1. The van der Waals surface area contributed by atoms with Gasteiger partial charge in [-0.25, -0.2) is 22.9 Å². The molecule has 1 aromatic carbocycles. The van der Waals surface area contributed by atoms with Crippen LogP contribution in [0.5, 0.6) is 0 Å².